The predicted molar refractivity (Wildman–Crippen MR) is 126 cm³/mol. The molecule has 174 valence electrons. The zero-order valence-corrected chi connectivity index (χ0v) is 19.7. The molecule has 0 unspecified atom stereocenters. The average molecular weight is 491 g/mol. The number of ether oxygens (including phenoxy) is 1. The molecule has 0 fully saturated rings. The van der Waals surface area contributed by atoms with Gasteiger partial charge >= 0.3 is 5.63 Å². The second kappa shape index (κ2) is 9.78. The van der Waals surface area contributed by atoms with E-state index in [0.717, 1.165) is 5.57 Å². The highest BCUT2D eigenvalue weighted by atomic mass is 35.5. The Kier molecular flexibility index (Phi) is 7.26. The van der Waals surface area contributed by atoms with Gasteiger partial charge in [0, 0.05) is 18.0 Å². The fraction of sp³-hybridized carbons (Fsp3) is 0.217. The van der Waals surface area contributed by atoms with Crippen LogP contribution in [0.4, 0.5) is 0 Å². The van der Waals surface area contributed by atoms with Crippen LogP contribution in [0.2, 0.25) is 5.02 Å². The first kappa shape index (κ1) is 24.5. The lowest BCUT2D eigenvalue weighted by Crippen LogP contribution is -2.27. The Morgan fingerprint density at radius 3 is 2.52 bits per heavy atom. The fourth-order valence-corrected chi connectivity index (χ4v) is 3.86. The molecule has 0 spiro atoms. The molecule has 0 aliphatic carbocycles. The quantitative estimate of drug-likeness (QED) is 0.368. The Morgan fingerprint density at radius 2 is 1.91 bits per heavy atom. The van der Waals surface area contributed by atoms with Gasteiger partial charge in [0.2, 0.25) is 15.9 Å². The van der Waals surface area contributed by atoms with Crippen LogP contribution >= 0.6 is 11.6 Å². The van der Waals surface area contributed by atoms with Crippen molar-refractivity contribution in [3.05, 3.63) is 80.7 Å². The number of hydrogen-bond acceptors (Lipinski definition) is 6. The minimum absolute atomic E-state index is 0.0196. The lowest BCUT2D eigenvalue weighted by Gasteiger charge is -2.12. The minimum Gasteiger partial charge on any atom is -0.488 e. The molecule has 33 heavy (non-hydrogen) atoms. The van der Waals surface area contributed by atoms with Gasteiger partial charge < -0.3 is 14.5 Å². The summed E-state index contributed by atoms with van der Waals surface area (Å²) in [5, 5.41) is 8.72. The maximum Gasteiger partial charge on any atom is 0.340 e. The van der Waals surface area contributed by atoms with E-state index in [1.54, 1.807) is 31.2 Å². The van der Waals surface area contributed by atoms with E-state index in [-0.39, 0.29) is 30.0 Å². The van der Waals surface area contributed by atoms with Gasteiger partial charge in [-0.2, -0.15) is 0 Å². The number of benzene rings is 2. The molecule has 3 aromatic rings. The number of nitrogens with one attached hydrogen (secondary N) is 1. The van der Waals surface area contributed by atoms with Crippen molar-refractivity contribution in [2.75, 3.05) is 6.61 Å². The van der Waals surface area contributed by atoms with Crippen LogP contribution in [0.25, 0.3) is 11.0 Å². The van der Waals surface area contributed by atoms with Crippen molar-refractivity contribution in [2.24, 2.45) is 5.14 Å². The molecule has 0 aliphatic heterocycles. The Balaban J connectivity index is 1.76. The van der Waals surface area contributed by atoms with E-state index in [1.165, 1.54) is 12.1 Å². The van der Waals surface area contributed by atoms with Gasteiger partial charge in [-0.05, 0) is 48.7 Å². The maximum absolute atomic E-state index is 12.6. The molecule has 2 aromatic carbocycles. The van der Waals surface area contributed by atoms with Crippen molar-refractivity contribution in [1.82, 2.24) is 5.32 Å². The van der Waals surface area contributed by atoms with Crippen LogP contribution in [-0.2, 0) is 27.8 Å². The topological polar surface area (TPSA) is 129 Å². The van der Waals surface area contributed by atoms with Crippen molar-refractivity contribution in [3.63, 3.8) is 0 Å². The number of sulfonamides is 1. The molecule has 0 saturated heterocycles. The number of rotatable bonds is 8. The number of hydrogen-bond donors (Lipinski definition) is 2. The molecule has 0 atom stereocenters. The predicted octanol–water partition coefficient (Wildman–Crippen LogP) is 3.22. The number of aryl methyl sites for hydroxylation is 1. The molecular weight excluding hydrogens is 468 g/mol. The van der Waals surface area contributed by atoms with Gasteiger partial charge in [0.15, 0.2) is 0 Å². The van der Waals surface area contributed by atoms with Crippen molar-refractivity contribution in [1.29, 1.82) is 0 Å². The summed E-state index contributed by atoms with van der Waals surface area (Å²) in [4.78, 5) is 25.0. The van der Waals surface area contributed by atoms with Crippen molar-refractivity contribution in [3.8, 4) is 5.75 Å². The SMILES string of the molecule is C=C(C)COc1cc2oc(=O)c(CC(=O)NCc3ccc(S(N)(=O)=O)cc3)c(C)c2cc1Cl. The zero-order chi connectivity index (χ0) is 24.3. The highest BCUT2D eigenvalue weighted by molar-refractivity contribution is 7.89. The van der Waals surface area contributed by atoms with E-state index in [2.05, 4.69) is 11.9 Å². The smallest absolute Gasteiger partial charge is 0.340 e. The third kappa shape index (κ3) is 6.01. The molecule has 1 aromatic heterocycles. The van der Waals surface area contributed by atoms with Gasteiger partial charge in [-0.15, -0.1) is 0 Å². The highest BCUT2D eigenvalue weighted by Crippen LogP contribution is 2.32. The largest absolute Gasteiger partial charge is 0.488 e. The van der Waals surface area contributed by atoms with Crippen molar-refractivity contribution < 1.29 is 22.4 Å². The summed E-state index contributed by atoms with van der Waals surface area (Å²) in [7, 11) is -3.79. The Labute approximate surface area is 196 Å². The molecule has 3 N–H and O–H groups in total. The first-order valence-corrected chi connectivity index (χ1v) is 11.8. The van der Waals surface area contributed by atoms with E-state index in [4.69, 9.17) is 25.9 Å². The van der Waals surface area contributed by atoms with Crippen LogP contribution < -0.4 is 20.8 Å². The summed E-state index contributed by atoms with van der Waals surface area (Å²) in [6.07, 6.45) is -0.190. The standard InChI is InChI=1S/C23H23ClN2O6S/c1-13(2)12-31-21-10-20-17(8-19(21)24)14(3)18(23(28)32-20)9-22(27)26-11-15-4-6-16(7-5-15)33(25,29)30/h4-8,10H,1,9,11-12H2,2-3H3,(H,26,27)(H2,25,29,30). The molecule has 8 nitrogen and oxygen atoms in total. The van der Waals surface area contributed by atoms with Crippen molar-refractivity contribution >= 4 is 38.5 Å². The molecular formula is C23H23ClN2O6S. The Hall–Kier alpha value is -3.14. The number of fused-ring (bicyclic) bond motifs is 1. The fourth-order valence-electron chi connectivity index (χ4n) is 3.13. The zero-order valence-electron chi connectivity index (χ0n) is 18.1. The molecule has 0 bridgehead atoms. The van der Waals surface area contributed by atoms with Crippen molar-refractivity contribution in [2.45, 2.75) is 31.7 Å². The number of carbonyl (C=O) groups is 1. The van der Waals surface area contributed by atoms with Crippen LogP contribution in [0, 0.1) is 6.92 Å². The minimum atomic E-state index is -3.79. The van der Waals surface area contributed by atoms with Crippen LogP contribution in [0.15, 0.2) is 62.7 Å². The lowest BCUT2D eigenvalue weighted by atomic mass is 10.0. The number of carbonyl (C=O) groups excluding carboxylic acids is 1. The number of halogens is 1. The van der Waals surface area contributed by atoms with Crippen LogP contribution in [0.3, 0.4) is 0 Å². The van der Waals surface area contributed by atoms with E-state index in [9.17, 15) is 18.0 Å². The first-order chi connectivity index (χ1) is 15.5. The molecule has 0 radical (unpaired) electrons. The van der Waals surface area contributed by atoms with Gasteiger partial charge in [-0.25, -0.2) is 18.4 Å². The molecule has 3 rings (SSSR count). The molecule has 0 saturated carbocycles. The van der Waals surface area contributed by atoms with E-state index >= 15 is 0 Å². The van der Waals surface area contributed by atoms with Crippen LogP contribution in [-0.4, -0.2) is 20.9 Å². The lowest BCUT2D eigenvalue weighted by molar-refractivity contribution is -0.120. The van der Waals surface area contributed by atoms with Gasteiger partial charge in [-0.1, -0.05) is 30.3 Å². The first-order valence-electron chi connectivity index (χ1n) is 9.87. The second-order valence-corrected chi connectivity index (χ2v) is 9.63. The summed E-state index contributed by atoms with van der Waals surface area (Å²) in [5.74, 6) is -0.0264. The summed E-state index contributed by atoms with van der Waals surface area (Å²) < 4.78 is 33.6. The molecule has 1 heterocycles. The second-order valence-electron chi connectivity index (χ2n) is 7.66. The summed E-state index contributed by atoms with van der Waals surface area (Å²) >= 11 is 6.31. The van der Waals surface area contributed by atoms with E-state index < -0.39 is 21.6 Å². The molecule has 1 amide bonds. The van der Waals surface area contributed by atoms with Gasteiger partial charge in [0.1, 0.15) is 17.9 Å². The summed E-state index contributed by atoms with van der Waals surface area (Å²) in [6, 6.07) is 8.99. The van der Waals surface area contributed by atoms with E-state index in [0.29, 0.717) is 32.9 Å². The maximum atomic E-state index is 12.6. The van der Waals surface area contributed by atoms with E-state index in [1.807, 2.05) is 6.92 Å². The van der Waals surface area contributed by atoms with Gasteiger partial charge in [-0.3, -0.25) is 4.79 Å². The monoisotopic (exact) mass is 490 g/mol. The van der Waals surface area contributed by atoms with Gasteiger partial charge in [0.25, 0.3) is 0 Å². The molecule has 10 heteroatoms. The Morgan fingerprint density at radius 1 is 1.24 bits per heavy atom. The molecule has 0 aliphatic rings. The number of primary sulfonamides is 1. The summed E-state index contributed by atoms with van der Waals surface area (Å²) in [6.45, 7) is 7.73. The third-order valence-electron chi connectivity index (χ3n) is 4.89. The number of nitrogens with two attached hydrogens (primary N) is 1. The Bertz CT molecular complexity index is 1400. The van der Waals surface area contributed by atoms with Gasteiger partial charge in [0.05, 0.1) is 21.9 Å². The highest BCUT2D eigenvalue weighted by Gasteiger charge is 2.17. The summed E-state index contributed by atoms with van der Waals surface area (Å²) in [5.41, 5.74) is 1.97. The van der Waals surface area contributed by atoms with Crippen LogP contribution in [0.1, 0.15) is 23.6 Å². The normalized spacial score (nSPS) is 11.4. The third-order valence-corrected chi connectivity index (χ3v) is 6.12. The van der Waals surface area contributed by atoms with Crippen LogP contribution in [0.5, 0.6) is 5.75 Å². The number of amides is 1. The average Bonchev–Trinajstić information content (AvgIpc) is 2.74.